The minimum atomic E-state index is -1.47. The van der Waals surface area contributed by atoms with Gasteiger partial charge in [-0.05, 0) is 30.0 Å². The van der Waals surface area contributed by atoms with E-state index in [0.29, 0.717) is 35.9 Å². The molecular weight excluding hydrogens is 674 g/mol. The number of likely N-dealkylation sites (tertiary alicyclic amines) is 1. The fraction of sp³-hybridized carbons (Fsp3) is 0.359. The quantitative estimate of drug-likeness (QED) is 0.106. The van der Waals surface area contributed by atoms with Gasteiger partial charge in [0.25, 0.3) is 5.91 Å². The molecule has 0 unspecified atom stereocenters. The maximum absolute atomic E-state index is 13.1. The summed E-state index contributed by atoms with van der Waals surface area (Å²) in [5.74, 6) is 0.150. The van der Waals surface area contributed by atoms with Gasteiger partial charge in [0.1, 0.15) is 12.2 Å². The Morgan fingerprint density at radius 3 is 2.26 bits per heavy atom. The number of fused-ring (bicyclic) bond motifs is 1. The molecule has 3 amide bonds. The molecule has 53 heavy (non-hydrogen) atoms. The molecule has 7 rings (SSSR count). The SMILES string of the molecule is CCNC(=O)[C@H]1O[C@@H](n2cnc3c(NCC(c4ccccc4)c4ccccc4)nc(CNC(=O)N[C@@H]4CCN(Cc5ccccc5)C4)nc32)[C@H](O)[C@@H]1O. The van der Waals surface area contributed by atoms with Crippen molar-refractivity contribution < 1.29 is 24.5 Å². The minimum absolute atomic E-state index is 0.000961. The summed E-state index contributed by atoms with van der Waals surface area (Å²) in [7, 11) is 0. The first-order valence-electron chi connectivity index (χ1n) is 18.0. The van der Waals surface area contributed by atoms with Gasteiger partial charge in [-0.15, -0.1) is 0 Å². The van der Waals surface area contributed by atoms with Gasteiger partial charge in [-0.1, -0.05) is 91.0 Å². The van der Waals surface area contributed by atoms with E-state index in [1.807, 2.05) is 54.6 Å². The number of aromatic nitrogens is 4. The van der Waals surface area contributed by atoms with Crippen LogP contribution in [-0.2, 0) is 22.6 Å². The van der Waals surface area contributed by atoms with Crippen molar-refractivity contribution in [1.82, 2.24) is 40.4 Å². The standard InChI is InChI=1S/C39H45N9O5/c1-2-40-37(51)34-32(49)33(50)38(53-34)48-24-43-31-35(41-20-29(26-14-8-4-9-15-26)27-16-10-5-11-17-27)45-30(46-36(31)48)21-42-39(52)44-28-18-19-47(23-28)22-25-12-6-3-7-13-25/h3-17,24,28-29,32-34,38,49-50H,2,18-23H2,1H3,(H,40,51)(H,41,45,46)(H2,42,44,52)/t28-,32+,33-,34+,38-/m1/s1. The highest BCUT2D eigenvalue weighted by molar-refractivity contribution is 5.84. The molecule has 6 N–H and O–H groups in total. The number of carbonyl (C=O) groups is 2. The van der Waals surface area contributed by atoms with Gasteiger partial charge in [-0.2, -0.15) is 0 Å². The number of likely N-dealkylation sites (N-methyl/N-ethyl adjacent to an activating group) is 1. The Kier molecular flexibility index (Phi) is 11.2. The Morgan fingerprint density at radius 2 is 1.58 bits per heavy atom. The maximum atomic E-state index is 13.1. The van der Waals surface area contributed by atoms with Crippen molar-refractivity contribution in [2.24, 2.45) is 0 Å². The van der Waals surface area contributed by atoms with Crippen molar-refractivity contribution in [3.05, 3.63) is 120 Å². The number of urea groups is 1. The predicted octanol–water partition coefficient (Wildman–Crippen LogP) is 2.90. The van der Waals surface area contributed by atoms with E-state index in [9.17, 15) is 19.8 Å². The number of nitrogens with zero attached hydrogens (tertiary/aromatic N) is 5. The third-order valence-electron chi connectivity index (χ3n) is 9.73. The zero-order chi connectivity index (χ0) is 36.7. The van der Waals surface area contributed by atoms with Crippen LogP contribution in [0.1, 0.15) is 48.0 Å². The Bertz CT molecular complexity index is 1940. The van der Waals surface area contributed by atoms with Gasteiger partial charge in [0.2, 0.25) is 0 Å². The van der Waals surface area contributed by atoms with Crippen LogP contribution >= 0.6 is 0 Å². The van der Waals surface area contributed by atoms with Crippen LogP contribution in [0.2, 0.25) is 0 Å². The first-order valence-corrected chi connectivity index (χ1v) is 18.0. The van der Waals surface area contributed by atoms with E-state index in [1.165, 1.54) is 16.5 Å². The van der Waals surface area contributed by atoms with Gasteiger partial charge < -0.3 is 36.2 Å². The molecule has 14 nitrogen and oxygen atoms in total. The molecule has 2 fully saturated rings. The van der Waals surface area contributed by atoms with Gasteiger partial charge in [-0.25, -0.2) is 19.7 Å². The van der Waals surface area contributed by atoms with E-state index < -0.39 is 30.4 Å². The van der Waals surface area contributed by atoms with E-state index in [2.05, 4.69) is 67.5 Å². The molecule has 3 aromatic carbocycles. The average Bonchev–Trinajstić information content (AvgIpc) is 3.89. The van der Waals surface area contributed by atoms with Crippen LogP contribution in [0.5, 0.6) is 0 Å². The van der Waals surface area contributed by atoms with Gasteiger partial charge in [0.05, 0.1) is 12.9 Å². The Morgan fingerprint density at radius 1 is 0.906 bits per heavy atom. The number of anilines is 1. The molecule has 0 radical (unpaired) electrons. The highest BCUT2D eigenvalue weighted by atomic mass is 16.6. The number of ether oxygens (including phenoxy) is 1. The van der Waals surface area contributed by atoms with Crippen LogP contribution < -0.4 is 21.3 Å². The molecule has 0 saturated carbocycles. The summed E-state index contributed by atoms with van der Waals surface area (Å²) in [5, 5.41) is 33.9. The van der Waals surface area contributed by atoms with Gasteiger partial charge in [-0.3, -0.25) is 14.3 Å². The van der Waals surface area contributed by atoms with Crippen molar-refractivity contribution in [1.29, 1.82) is 0 Å². The molecule has 5 atom stereocenters. The molecule has 0 aliphatic carbocycles. The normalized spacial score (nSPS) is 21.5. The van der Waals surface area contributed by atoms with Crippen molar-refractivity contribution in [3.8, 4) is 0 Å². The van der Waals surface area contributed by atoms with E-state index in [0.717, 1.165) is 37.2 Å². The molecule has 2 aromatic heterocycles. The van der Waals surface area contributed by atoms with Crippen LogP contribution in [0, 0.1) is 0 Å². The Balaban J connectivity index is 1.12. The second-order valence-electron chi connectivity index (χ2n) is 13.4. The van der Waals surface area contributed by atoms with Crippen molar-refractivity contribution in [2.75, 3.05) is 31.5 Å². The number of imidazole rings is 1. The number of benzene rings is 3. The summed E-state index contributed by atoms with van der Waals surface area (Å²) in [6.07, 6.45) is -3.06. The third-order valence-corrected chi connectivity index (χ3v) is 9.73. The van der Waals surface area contributed by atoms with Gasteiger partial charge >= 0.3 is 6.03 Å². The molecule has 0 spiro atoms. The van der Waals surface area contributed by atoms with Crippen LogP contribution in [0.25, 0.3) is 11.2 Å². The lowest BCUT2D eigenvalue weighted by molar-refractivity contribution is -0.137. The summed E-state index contributed by atoms with van der Waals surface area (Å²) < 4.78 is 7.40. The summed E-state index contributed by atoms with van der Waals surface area (Å²) in [4.78, 5) is 42.2. The molecule has 14 heteroatoms. The van der Waals surface area contributed by atoms with Gasteiger partial charge in [0.15, 0.2) is 35.1 Å². The number of aliphatic hydroxyl groups excluding tert-OH is 2. The second-order valence-corrected chi connectivity index (χ2v) is 13.4. The largest absolute Gasteiger partial charge is 0.387 e. The van der Waals surface area contributed by atoms with Crippen LogP contribution in [0.4, 0.5) is 10.6 Å². The lowest BCUT2D eigenvalue weighted by Gasteiger charge is -2.20. The number of nitrogens with one attached hydrogen (secondary N) is 4. The Hall–Kier alpha value is -5.41. The summed E-state index contributed by atoms with van der Waals surface area (Å²) in [5.41, 5.74) is 4.16. The fourth-order valence-corrected chi connectivity index (χ4v) is 7.06. The lowest BCUT2D eigenvalue weighted by atomic mass is 9.91. The van der Waals surface area contributed by atoms with E-state index in [4.69, 9.17) is 14.7 Å². The molecule has 5 aromatic rings. The molecule has 0 bridgehead atoms. The maximum Gasteiger partial charge on any atom is 0.315 e. The number of rotatable bonds is 13. The summed E-state index contributed by atoms with van der Waals surface area (Å²) in [6, 6.07) is 30.2. The first-order chi connectivity index (χ1) is 25.9. The molecule has 2 aliphatic heterocycles. The lowest BCUT2D eigenvalue weighted by Crippen LogP contribution is -2.43. The van der Waals surface area contributed by atoms with Crippen LogP contribution in [-0.4, -0.2) is 97.1 Å². The number of carbonyl (C=O) groups excluding carboxylic acids is 2. The van der Waals surface area contributed by atoms with Gasteiger partial charge in [0, 0.05) is 44.7 Å². The zero-order valence-corrected chi connectivity index (χ0v) is 29.5. The Labute approximate surface area is 307 Å². The average molecular weight is 720 g/mol. The van der Waals surface area contributed by atoms with Crippen LogP contribution in [0.3, 0.4) is 0 Å². The molecule has 4 heterocycles. The summed E-state index contributed by atoms with van der Waals surface area (Å²) >= 11 is 0. The van der Waals surface area contributed by atoms with Crippen molar-refractivity contribution >= 4 is 28.9 Å². The van der Waals surface area contributed by atoms with E-state index in [-0.39, 0.29) is 24.5 Å². The highest BCUT2D eigenvalue weighted by Crippen LogP contribution is 2.33. The van der Waals surface area contributed by atoms with Crippen molar-refractivity contribution in [3.63, 3.8) is 0 Å². The number of hydrogen-bond donors (Lipinski definition) is 6. The molecule has 2 aliphatic rings. The number of aliphatic hydroxyl groups is 2. The molecular formula is C39H45N9O5. The summed E-state index contributed by atoms with van der Waals surface area (Å²) in [6.45, 7) is 5.01. The minimum Gasteiger partial charge on any atom is -0.387 e. The topological polar surface area (TPSA) is 179 Å². The first kappa shape index (κ1) is 36.0. The number of amides is 3. The predicted molar refractivity (Wildman–Crippen MR) is 199 cm³/mol. The molecule has 276 valence electrons. The monoisotopic (exact) mass is 719 g/mol. The second kappa shape index (κ2) is 16.5. The third kappa shape index (κ3) is 8.31. The van der Waals surface area contributed by atoms with Crippen molar-refractivity contribution in [2.45, 2.75) is 62.9 Å². The highest BCUT2D eigenvalue weighted by Gasteiger charge is 2.47. The number of hydrogen-bond acceptors (Lipinski definition) is 10. The van der Waals surface area contributed by atoms with Crippen LogP contribution in [0.15, 0.2) is 97.3 Å². The van der Waals surface area contributed by atoms with E-state index >= 15 is 0 Å². The van der Waals surface area contributed by atoms with E-state index in [1.54, 1.807) is 6.92 Å². The smallest absolute Gasteiger partial charge is 0.315 e. The molecule has 2 saturated heterocycles. The fourth-order valence-electron chi connectivity index (χ4n) is 7.06. The zero-order valence-electron chi connectivity index (χ0n) is 29.5.